The minimum atomic E-state index is -0.797. The summed E-state index contributed by atoms with van der Waals surface area (Å²) in [5.74, 6) is -0.712. The van der Waals surface area contributed by atoms with Crippen molar-refractivity contribution in [3.8, 4) is 0 Å². The lowest BCUT2D eigenvalue weighted by Crippen LogP contribution is -2.06. The van der Waals surface area contributed by atoms with Crippen LogP contribution in [0, 0.1) is 0 Å². The van der Waals surface area contributed by atoms with Gasteiger partial charge in [-0.25, -0.2) is 0 Å². The first kappa shape index (κ1) is 12.1. The molecule has 15 heavy (non-hydrogen) atoms. The molecule has 0 aromatic carbocycles. The first-order valence-electron chi connectivity index (χ1n) is 4.97. The standard InChI is InChI=1S/C10H16N2O2S/c1-4-8-5-9(15-6-10(13)14)12(11-8)7(2)3/h5,7H,4,6H2,1-3H3,(H,13,14). The summed E-state index contributed by atoms with van der Waals surface area (Å²) < 4.78 is 1.88. The van der Waals surface area contributed by atoms with Gasteiger partial charge in [-0.1, -0.05) is 18.7 Å². The summed E-state index contributed by atoms with van der Waals surface area (Å²) in [6.45, 7) is 6.12. The molecule has 0 amide bonds. The van der Waals surface area contributed by atoms with E-state index >= 15 is 0 Å². The molecule has 0 saturated heterocycles. The zero-order valence-electron chi connectivity index (χ0n) is 9.23. The summed E-state index contributed by atoms with van der Waals surface area (Å²) in [5, 5.41) is 14.0. The van der Waals surface area contributed by atoms with E-state index in [1.807, 2.05) is 31.5 Å². The van der Waals surface area contributed by atoms with E-state index in [0.717, 1.165) is 17.1 Å². The Hall–Kier alpha value is -0.970. The summed E-state index contributed by atoms with van der Waals surface area (Å²) in [6, 6.07) is 2.23. The molecule has 0 aliphatic rings. The number of carboxylic acids is 1. The molecule has 0 radical (unpaired) electrons. The van der Waals surface area contributed by atoms with Crippen LogP contribution in [0.2, 0.25) is 0 Å². The quantitative estimate of drug-likeness (QED) is 0.785. The van der Waals surface area contributed by atoms with Crippen molar-refractivity contribution in [2.75, 3.05) is 5.75 Å². The Bertz CT molecular complexity index is 347. The second-order valence-electron chi connectivity index (χ2n) is 3.55. The molecule has 1 rings (SSSR count). The van der Waals surface area contributed by atoms with Gasteiger partial charge in [-0.15, -0.1) is 0 Å². The lowest BCUT2D eigenvalue weighted by atomic mass is 10.3. The van der Waals surface area contributed by atoms with Crippen molar-refractivity contribution in [1.29, 1.82) is 0 Å². The number of aryl methyl sites for hydroxylation is 1. The number of aromatic nitrogens is 2. The first-order valence-corrected chi connectivity index (χ1v) is 5.96. The predicted molar refractivity (Wildman–Crippen MR) is 60.3 cm³/mol. The number of carboxylic acid groups (broad SMARTS) is 1. The van der Waals surface area contributed by atoms with Gasteiger partial charge < -0.3 is 5.11 Å². The topological polar surface area (TPSA) is 55.1 Å². The number of nitrogens with zero attached hydrogens (tertiary/aromatic N) is 2. The van der Waals surface area contributed by atoms with Crippen LogP contribution in [0.4, 0.5) is 0 Å². The van der Waals surface area contributed by atoms with Gasteiger partial charge in [0, 0.05) is 6.04 Å². The van der Waals surface area contributed by atoms with E-state index in [-0.39, 0.29) is 11.8 Å². The number of rotatable bonds is 5. The van der Waals surface area contributed by atoms with E-state index in [9.17, 15) is 4.79 Å². The highest BCUT2D eigenvalue weighted by Gasteiger charge is 2.11. The number of hydrogen-bond donors (Lipinski definition) is 1. The fourth-order valence-electron chi connectivity index (χ4n) is 1.21. The van der Waals surface area contributed by atoms with Crippen molar-refractivity contribution in [2.24, 2.45) is 0 Å². The van der Waals surface area contributed by atoms with Gasteiger partial charge in [0.05, 0.1) is 16.5 Å². The molecule has 1 heterocycles. The molecule has 0 saturated carbocycles. The number of carbonyl (C=O) groups is 1. The van der Waals surface area contributed by atoms with Crippen molar-refractivity contribution in [3.05, 3.63) is 11.8 Å². The summed E-state index contributed by atoms with van der Waals surface area (Å²) in [4.78, 5) is 10.5. The van der Waals surface area contributed by atoms with Crippen molar-refractivity contribution < 1.29 is 9.90 Å². The minimum Gasteiger partial charge on any atom is -0.481 e. The Morgan fingerprint density at radius 1 is 1.67 bits per heavy atom. The predicted octanol–water partition coefficient (Wildman–Crippen LogP) is 2.20. The van der Waals surface area contributed by atoms with Crippen molar-refractivity contribution in [1.82, 2.24) is 9.78 Å². The molecule has 0 atom stereocenters. The molecule has 0 fully saturated rings. The summed E-state index contributed by atoms with van der Waals surface area (Å²) >= 11 is 1.32. The van der Waals surface area contributed by atoms with Crippen LogP contribution in [-0.2, 0) is 11.2 Å². The molecule has 84 valence electrons. The van der Waals surface area contributed by atoms with Crippen LogP contribution < -0.4 is 0 Å². The third-order valence-electron chi connectivity index (χ3n) is 1.95. The molecule has 0 unspecified atom stereocenters. The molecule has 1 aromatic rings. The van der Waals surface area contributed by atoms with E-state index < -0.39 is 5.97 Å². The molecule has 5 heteroatoms. The Morgan fingerprint density at radius 3 is 2.80 bits per heavy atom. The van der Waals surface area contributed by atoms with E-state index in [2.05, 4.69) is 5.10 Å². The second kappa shape index (κ2) is 5.21. The minimum absolute atomic E-state index is 0.0849. The van der Waals surface area contributed by atoms with Crippen molar-refractivity contribution in [3.63, 3.8) is 0 Å². The molecule has 1 aromatic heterocycles. The normalized spacial score (nSPS) is 10.9. The largest absolute Gasteiger partial charge is 0.481 e. The zero-order valence-corrected chi connectivity index (χ0v) is 10.0. The highest BCUT2D eigenvalue weighted by molar-refractivity contribution is 7.99. The van der Waals surface area contributed by atoms with Crippen molar-refractivity contribution >= 4 is 17.7 Å². The number of hydrogen-bond acceptors (Lipinski definition) is 3. The molecule has 1 N–H and O–H groups in total. The molecule has 0 aliphatic heterocycles. The van der Waals surface area contributed by atoms with Gasteiger partial charge in [0.1, 0.15) is 0 Å². The van der Waals surface area contributed by atoms with E-state index in [1.54, 1.807) is 0 Å². The fourth-order valence-corrected chi connectivity index (χ4v) is 2.09. The molecular formula is C10H16N2O2S. The smallest absolute Gasteiger partial charge is 0.313 e. The molecule has 0 aliphatic carbocycles. The van der Waals surface area contributed by atoms with Crippen LogP contribution in [0.5, 0.6) is 0 Å². The van der Waals surface area contributed by atoms with Gasteiger partial charge in [-0.2, -0.15) is 5.10 Å². The third-order valence-corrected chi connectivity index (χ3v) is 2.94. The summed E-state index contributed by atoms with van der Waals surface area (Å²) in [5.41, 5.74) is 1.01. The molecular weight excluding hydrogens is 212 g/mol. The van der Waals surface area contributed by atoms with Gasteiger partial charge in [0.15, 0.2) is 0 Å². The Labute approximate surface area is 93.7 Å². The third kappa shape index (κ3) is 3.27. The van der Waals surface area contributed by atoms with Gasteiger partial charge >= 0.3 is 5.97 Å². The maximum Gasteiger partial charge on any atom is 0.313 e. The van der Waals surface area contributed by atoms with E-state index in [4.69, 9.17) is 5.11 Å². The summed E-state index contributed by atoms with van der Waals surface area (Å²) in [7, 11) is 0. The SMILES string of the molecule is CCc1cc(SCC(=O)O)n(C(C)C)n1. The maximum absolute atomic E-state index is 10.5. The van der Waals surface area contributed by atoms with Crippen LogP contribution in [0.1, 0.15) is 32.5 Å². The molecule has 0 spiro atoms. The Morgan fingerprint density at radius 2 is 2.33 bits per heavy atom. The highest BCUT2D eigenvalue weighted by atomic mass is 32.2. The summed E-state index contributed by atoms with van der Waals surface area (Å²) in [6.07, 6.45) is 0.875. The van der Waals surface area contributed by atoms with Gasteiger partial charge in [0.2, 0.25) is 0 Å². The van der Waals surface area contributed by atoms with Gasteiger partial charge in [-0.05, 0) is 26.3 Å². The Kier molecular flexibility index (Phi) is 4.20. The monoisotopic (exact) mass is 228 g/mol. The lowest BCUT2D eigenvalue weighted by Gasteiger charge is -2.09. The lowest BCUT2D eigenvalue weighted by molar-refractivity contribution is -0.133. The maximum atomic E-state index is 10.5. The van der Waals surface area contributed by atoms with E-state index in [1.165, 1.54) is 11.8 Å². The van der Waals surface area contributed by atoms with Gasteiger partial charge in [-0.3, -0.25) is 9.48 Å². The van der Waals surface area contributed by atoms with Crippen molar-refractivity contribution in [2.45, 2.75) is 38.3 Å². The van der Waals surface area contributed by atoms with Crippen LogP contribution in [0.15, 0.2) is 11.1 Å². The Balaban J connectivity index is 2.83. The van der Waals surface area contributed by atoms with Crippen LogP contribution >= 0.6 is 11.8 Å². The van der Waals surface area contributed by atoms with Gasteiger partial charge in [0.25, 0.3) is 0 Å². The fraction of sp³-hybridized carbons (Fsp3) is 0.600. The molecule has 0 bridgehead atoms. The number of thioether (sulfide) groups is 1. The number of aliphatic carboxylic acids is 1. The second-order valence-corrected chi connectivity index (χ2v) is 4.54. The zero-order chi connectivity index (χ0) is 11.4. The highest BCUT2D eigenvalue weighted by Crippen LogP contribution is 2.22. The van der Waals surface area contributed by atoms with Crippen LogP contribution in [0.25, 0.3) is 0 Å². The average molecular weight is 228 g/mol. The average Bonchev–Trinajstić information content (AvgIpc) is 2.57. The van der Waals surface area contributed by atoms with Crippen LogP contribution in [-0.4, -0.2) is 26.6 Å². The first-order chi connectivity index (χ1) is 7.04. The van der Waals surface area contributed by atoms with Crippen LogP contribution in [0.3, 0.4) is 0 Å². The molecule has 4 nitrogen and oxygen atoms in total. The van der Waals surface area contributed by atoms with E-state index in [0.29, 0.717) is 0 Å².